The van der Waals surface area contributed by atoms with Gasteiger partial charge in [0, 0.05) is 17.2 Å². The molecular formula is C15H13ClN4O5S. The lowest BCUT2D eigenvalue weighted by Gasteiger charge is -2.05. The number of nitro benzene ring substituents is 1. The number of hydrazone groups is 1. The van der Waals surface area contributed by atoms with Gasteiger partial charge in [-0.1, -0.05) is 11.6 Å². The van der Waals surface area contributed by atoms with Crippen molar-refractivity contribution >= 4 is 39.4 Å². The van der Waals surface area contributed by atoms with E-state index in [1.165, 1.54) is 54.7 Å². The van der Waals surface area contributed by atoms with E-state index in [1.54, 1.807) is 0 Å². The molecule has 26 heavy (non-hydrogen) atoms. The summed E-state index contributed by atoms with van der Waals surface area (Å²) in [7, 11) is -3.85. The van der Waals surface area contributed by atoms with Crippen molar-refractivity contribution in [3.05, 3.63) is 69.2 Å². The normalized spacial score (nSPS) is 11.4. The lowest BCUT2D eigenvalue weighted by Crippen LogP contribution is -2.34. The van der Waals surface area contributed by atoms with Crippen LogP contribution < -0.4 is 10.1 Å². The first-order valence-corrected chi connectivity index (χ1v) is 8.95. The van der Waals surface area contributed by atoms with Gasteiger partial charge in [0.1, 0.15) is 0 Å². The first-order valence-electron chi connectivity index (χ1n) is 7.09. The van der Waals surface area contributed by atoms with Gasteiger partial charge in [0.05, 0.1) is 22.6 Å². The Morgan fingerprint density at radius 1 is 1.15 bits per heavy atom. The van der Waals surface area contributed by atoms with Gasteiger partial charge in [0.2, 0.25) is 10.0 Å². The minimum Gasteiger partial charge on any atom is -0.272 e. The van der Waals surface area contributed by atoms with Gasteiger partial charge in [0.15, 0.2) is 0 Å². The Labute approximate surface area is 153 Å². The standard InChI is InChI=1S/C15H13ClN4O5S/c16-12-3-7-14(8-4-12)26(24,25)18-10-15(21)19-17-9-11-1-5-13(6-2-11)20(22)23/h1-9,18H,10H2,(H,19,21). The number of nitro groups is 1. The van der Waals surface area contributed by atoms with E-state index in [0.29, 0.717) is 10.6 Å². The summed E-state index contributed by atoms with van der Waals surface area (Å²) in [6, 6.07) is 11.0. The third-order valence-corrected chi connectivity index (χ3v) is 4.72. The summed E-state index contributed by atoms with van der Waals surface area (Å²) in [6.45, 7) is -0.511. The first-order chi connectivity index (χ1) is 12.3. The number of carbonyl (C=O) groups excluding carboxylic acids is 1. The zero-order valence-corrected chi connectivity index (χ0v) is 14.7. The van der Waals surface area contributed by atoms with Crippen molar-refractivity contribution < 1.29 is 18.1 Å². The molecule has 9 nitrogen and oxygen atoms in total. The summed E-state index contributed by atoms with van der Waals surface area (Å²) in [4.78, 5) is 21.6. The molecule has 0 heterocycles. The molecule has 0 atom stereocenters. The molecule has 0 spiro atoms. The quantitative estimate of drug-likeness (QED) is 0.417. The maximum absolute atomic E-state index is 12.0. The molecule has 136 valence electrons. The van der Waals surface area contributed by atoms with Crippen LogP contribution in [-0.2, 0) is 14.8 Å². The van der Waals surface area contributed by atoms with E-state index in [2.05, 4.69) is 15.2 Å². The van der Waals surface area contributed by atoms with Crippen LogP contribution in [0.3, 0.4) is 0 Å². The molecule has 0 aliphatic heterocycles. The minimum absolute atomic E-state index is 0.0240. The molecule has 0 bridgehead atoms. The van der Waals surface area contributed by atoms with Crippen LogP contribution in [0.5, 0.6) is 0 Å². The highest BCUT2D eigenvalue weighted by Crippen LogP contribution is 2.13. The highest BCUT2D eigenvalue weighted by Gasteiger charge is 2.15. The van der Waals surface area contributed by atoms with E-state index in [0.717, 1.165) is 0 Å². The van der Waals surface area contributed by atoms with Gasteiger partial charge in [0.25, 0.3) is 11.6 Å². The van der Waals surface area contributed by atoms with Crippen LogP contribution in [0.4, 0.5) is 5.69 Å². The minimum atomic E-state index is -3.85. The number of hydrogen-bond donors (Lipinski definition) is 2. The molecule has 0 fully saturated rings. The Hall–Kier alpha value is -2.82. The Kier molecular flexibility index (Phi) is 6.39. The molecule has 2 aromatic carbocycles. The largest absolute Gasteiger partial charge is 0.272 e. The molecule has 0 aliphatic carbocycles. The van der Waals surface area contributed by atoms with Crippen molar-refractivity contribution in [2.75, 3.05) is 6.54 Å². The first kappa shape index (κ1) is 19.5. The molecule has 2 rings (SSSR count). The number of sulfonamides is 1. The van der Waals surface area contributed by atoms with Crippen molar-refractivity contribution in [2.24, 2.45) is 5.10 Å². The maximum Gasteiger partial charge on any atom is 0.269 e. The predicted octanol–water partition coefficient (Wildman–Crippen LogP) is 1.68. The average Bonchev–Trinajstić information content (AvgIpc) is 2.61. The fourth-order valence-corrected chi connectivity index (χ4v) is 2.87. The summed E-state index contributed by atoms with van der Waals surface area (Å²) in [5.74, 6) is -0.680. The third-order valence-electron chi connectivity index (χ3n) is 3.05. The Balaban J connectivity index is 1.86. The molecule has 2 aromatic rings. The molecular weight excluding hydrogens is 384 g/mol. The Bertz CT molecular complexity index is 928. The summed E-state index contributed by atoms with van der Waals surface area (Å²) >= 11 is 5.69. The van der Waals surface area contributed by atoms with E-state index in [1.807, 2.05) is 0 Å². The van der Waals surface area contributed by atoms with Crippen molar-refractivity contribution in [3.63, 3.8) is 0 Å². The number of non-ortho nitro benzene ring substituents is 1. The van der Waals surface area contributed by atoms with Crippen molar-refractivity contribution in [3.8, 4) is 0 Å². The maximum atomic E-state index is 12.0. The highest BCUT2D eigenvalue weighted by atomic mass is 35.5. The van der Waals surface area contributed by atoms with Crippen LogP contribution in [0.25, 0.3) is 0 Å². The number of nitrogens with one attached hydrogen (secondary N) is 2. The summed E-state index contributed by atoms with van der Waals surface area (Å²) < 4.78 is 26.1. The fourth-order valence-electron chi connectivity index (χ4n) is 1.76. The van der Waals surface area contributed by atoms with Crippen LogP contribution in [0.15, 0.2) is 58.5 Å². The van der Waals surface area contributed by atoms with E-state index in [-0.39, 0.29) is 10.6 Å². The van der Waals surface area contributed by atoms with Gasteiger partial charge in [-0.2, -0.15) is 5.10 Å². The van der Waals surface area contributed by atoms with Crippen LogP contribution in [-0.4, -0.2) is 32.0 Å². The number of rotatable bonds is 7. The monoisotopic (exact) mass is 396 g/mol. The molecule has 0 aromatic heterocycles. The number of nitrogens with zero attached hydrogens (tertiary/aromatic N) is 2. The van der Waals surface area contributed by atoms with Crippen LogP contribution >= 0.6 is 11.6 Å². The topological polar surface area (TPSA) is 131 Å². The second kappa shape index (κ2) is 8.52. The van der Waals surface area contributed by atoms with Gasteiger partial charge in [-0.3, -0.25) is 14.9 Å². The van der Waals surface area contributed by atoms with Gasteiger partial charge in [-0.15, -0.1) is 0 Å². The molecule has 1 amide bonds. The Morgan fingerprint density at radius 2 is 1.77 bits per heavy atom. The fraction of sp³-hybridized carbons (Fsp3) is 0.0667. The van der Waals surface area contributed by atoms with Crippen molar-refractivity contribution in [1.82, 2.24) is 10.1 Å². The molecule has 0 unspecified atom stereocenters. The number of amides is 1. The number of halogens is 1. The smallest absolute Gasteiger partial charge is 0.269 e. The molecule has 0 saturated carbocycles. The SMILES string of the molecule is O=C(CNS(=O)(=O)c1ccc(Cl)cc1)NN=Cc1ccc([N+](=O)[O-])cc1. The lowest BCUT2D eigenvalue weighted by molar-refractivity contribution is -0.384. The van der Waals surface area contributed by atoms with Gasteiger partial charge in [-0.25, -0.2) is 18.6 Å². The molecule has 11 heteroatoms. The van der Waals surface area contributed by atoms with E-state index in [9.17, 15) is 23.3 Å². The number of carbonyl (C=O) groups is 1. The highest BCUT2D eigenvalue weighted by molar-refractivity contribution is 7.89. The predicted molar refractivity (Wildman–Crippen MR) is 95.5 cm³/mol. The molecule has 0 radical (unpaired) electrons. The van der Waals surface area contributed by atoms with Crippen molar-refractivity contribution in [1.29, 1.82) is 0 Å². The molecule has 0 aliphatic rings. The Morgan fingerprint density at radius 3 is 2.35 bits per heavy atom. The summed E-state index contributed by atoms with van der Waals surface area (Å²) in [6.07, 6.45) is 1.27. The van der Waals surface area contributed by atoms with E-state index >= 15 is 0 Å². The van der Waals surface area contributed by atoms with Gasteiger partial charge < -0.3 is 0 Å². The van der Waals surface area contributed by atoms with E-state index in [4.69, 9.17) is 11.6 Å². The number of hydrogen-bond acceptors (Lipinski definition) is 6. The van der Waals surface area contributed by atoms with Crippen LogP contribution in [0, 0.1) is 10.1 Å². The molecule has 0 saturated heterocycles. The zero-order valence-electron chi connectivity index (χ0n) is 13.1. The molecule has 2 N–H and O–H groups in total. The second-order valence-electron chi connectivity index (χ2n) is 4.92. The second-order valence-corrected chi connectivity index (χ2v) is 7.12. The van der Waals surface area contributed by atoms with Crippen LogP contribution in [0.1, 0.15) is 5.56 Å². The van der Waals surface area contributed by atoms with E-state index < -0.39 is 27.4 Å². The third kappa shape index (κ3) is 5.62. The van der Waals surface area contributed by atoms with Gasteiger partial charge >= 0.3 is 0 Å². The lowest BCUT2D eigenvalue weighted by atomic mass is 10.2. The summed E-state index contributed by atoms with van der Waals surface area (Å²) in [5, 5.41) is 14.6. The number of benzene rings is 2. The van der Waals surface area contributed by atoms with Crippen molar-refractivity contribution in [2.45, 2.75) is 4.90 Å². The average molecular weight is 397 g/mol. The summed E-state index contributed by atoms with van der Waals surface area (Å²) in [5.41, 5.74) is 2.61. The van der Waals surface area contributed by atoms with Gasteiger partial charge in [-0.05, 0) is 42.0 Å². The van der Waals surface area contributed by atoms with Crippen LogP contribution in [0.2, 0.25) is 5.02 Å². The zero-order chi connectivity index (χ0) is 19.2.